The summed E-state index contributed by atoms with van der Waals surface area (Å²) in [7, 11) is 1.77. The van der Waals surface area contributed by atoms with Gasteiger partial charge in [0.25, 0.3) is 0 Å². The van der Waals surface area contributed by atoms with E-state index in [0.717, 1.165) is 6.42 Å². The van der Waals surface area contributed by atoms with Crippen molar-refractivity contribution in [3.63, 3.8) is 0 Å². The molecule has 0 bridgehead atoms. The molecule has 0 radical (unpaired) electrons. The summed E-state index contributed by atoms with van der Waals surface area (Å²) in [5, 5.41) is 3.28. The van der Waals surface area contributed by atoms with Gasteiger partial charge in [0, 0.05) is 13.2 Å². The Morgan fingerprint density at radius 3 is 3.00 bits per heavy atom. The fraction of sp³-hybridized carbons (Fsp3) is 0.778. The van der Waals surface area contributed by atoms with Crippen LogP contribution in [0, 0.1) is 12.3 Å². The predicted molar refractivity (Wildman–Crippen MR) is 45.3 cm³/mol. The van der Waals surface area contributed by atoms with Crippen molar-refractivity contribution in [3.8, 4) is 12.3 Å². The summed E-state index contributed by atoms with van der Waals surface area (Å²) in [6, 6.07) is 0.580. The first-order valence-corrected chi connectivity index (χ1v) is 4.06. The molecule has 0 aromatic heterocycles. The zero-order valence-electron chi connectivity index (χ0n) is 6.97. The number of hydrogen-bond acceptors (Lipinski definition) is 2. The molecule has 0 heterocycles. The van der Waals surface area contributed by atoms with Gasteiger partial charge in [-0.2, -0.15) is 0 Å². The highest BCUT2D eigenvalue weighted by Crippen LogP contribution is 2.20. The van der Waals surface area contributed by atoms with E-state index < -0.39 is 0 Å². The average molecular weight is 153 g/mol. The van der Waals surface area contributed by atoms with E-state index in [9.17, 15) is 0 Å². The highest BCUT2D eigenvalue weighted by atomic mass is 16.5. The molecule has 0 aromatic carbocycles. The summed E-state index contributed by atoms with van der Waals surface area (Å²) in [5.41, 5.74) is 0. The molecule has 0 aliphatic heterocycles. The number of methoxy groups -OCH3 is 1. The van der Waals surface area contributed by atoms with Crippen LogP contribution in [0.15, 0.2) is 0 Å². The lowest BCUT2D eigenvalue weighted by molar-refractivity contribution is 0.107. The second kappa shape index (κ2) is 4.38. The van der Waals surface area contributed by atoms with Gasteiger partial charge in [-0.1, -0.05) is 5.92 Å². The van der Waals surface area contributed by atoms with E-state index >= 15 is 0 Å². The van der Waals surface area contributed by atoms with Gasteiger partial charge in [0.1, 0.15) is 0 Å². The van der Waals surface area contributed by atoms with Gasteiger partial charge >= 0.3 is 0 Å². The third kappa shape index (κ3) is 2.53. The predicted octanol–water partition coefficient (Wildman–Crippen LogP) is 0.777. The van der Waals surface area contributed by atoms with Crippen LogP contribution in [0.3, 0.4) is 0 Å². The van der Waals surface area contributed by atoms with Crippen molar-refractivity contribution in [1.29, 1.82) is 0 Å². The molecule has 0 amide bonds. The van der Waals surface area contributed by atoms with Crippen molar-refractivity contribution in [2.75, 3.05) is 13.7 Å². The van der Waals surface area contributed by atoms with E-state index in [1.165, 1.54) is 12.8 Å². The summed E-state index contributed by atoms with van der Waals surface area (Å²) in [6.07, 6.45) is 9.05. The largest absolute Gasteiger partial charge is 0.381 e. The maximum absolute atomic E-state index is 5.23. The van der Waals surface area contributed by atoms with Gasteiger partial charge in [-0.3, -0.25) is 0 Å². The molecule has 0 aromatic rings. The van der Waals surface area contributed by atoms with E-state index in [1.807, 2.05) is 0 Å². The van der Waals surface area contributed by atoms with E-state index in [4.69, 9.17) is 11.2 Å². The normalized spacial score (nSPS) is 30.2. The molecular weight excluding hydrogens is 138 g/mol. The van der Waals surface area contributed by atoms with Gasteiger partial charge in [0.2, 0.25) is 0 Å². The molecule has 0 spiro atoms. The monoisotopic (exact) mass is 153 g/mol. The molecule has 11 heavy (non-hydrogen) atoms. The van der Waals surface area contributed by atoms with Crippen LogP contribution in [0.25, 0.3) is 0 Å². The van der Waals surface area contributed by atoms with E-state index in [2.05, 4.69) is 11.2 Å². The third-order valence-corrected chi connectivity index (χ3v) is 2.21. The second-order valence-electron chi connectivity index (χ2n) is 2.95. The molecule has 0 saturated heterocycles. The van der Waals surface area contributed by atoms with Crippen LogP contribution in [-0.4, -0.2) is 25.8 Å². The lowest BCUT2D eigenvalue weighted by atomic mass is 10.2. The Hall–Kier alpha value is -0.520. The van der Waals surface area contributed by atoms with Gasteiger partial charge in [-0.15, -0.1) is 6.42 Å². The van der Waals surface area contributed by atoms with Crippen molar-refractivity contribution in [3.05, 3.63) is 0 Å². The second-order valence-corrected chi connectivity index (χ2v) is 2.95. The van der Waals surface area contributed by atoms with Crippen molar-refractivity contribution in [1.82, 2.24) is 5.32 Å². The van der Waals surface area contributed by atoms with Gasteiger partial charge in [0.05, 0.1) is 12.6 Å². The fourth-order valence-electron chi connectivity index (χ4n) is 1.54. The minimum atomic E-state index is 0.449. The van der Waals surface area contributed by atoms with E-state index in [0.29, 0.717) is 18.7 Å². The molecule has 2 heteroatoms. The molecule has 1 rings (SSSR count). The van der Waals surface area contributed by atoms with Crippen molar-refractivity contribution in [2.24, 2.45) is 0 Å². The molecule has 2 unspecified atom stereocenters. The summed E-state index contributed by atoms with van der Waals surface area (Å²) >= 11 is 0. The van der Waals surface area contributed by atoms with Crippen LogP contribution < -0.4 is 5.32 Å². The van der Waals surface area contributed by atoms with Crippen molar-refractivity contribution < 1.29 is 4.74 Å². The number of terminal acetylenes is 1. The molecule has 62 valence electrons. The van der Waals surface area contributed by atoms with Crippen molar-refractivity contribution in [2.45, 2.75) is 31.4 Å². The van der Waals surface area contributed by atoms with Crippen LogP contribution in [0.2, 0.25) is 0 Å². The molecule has 1 N–H and O–H groups in total. The zero-order chi connectivity index (χ0) is 8.10. The van der Waals surface area contributed by atoms with Crippen molar-refractivity contribution >= 4 is 0 Å². The van der Waals surface area contributed by atoms with Crippen LogP contribution in [0.1, 0.15) is 19.3 Å². The van der Waals surface area contributed by atoms with Gasteiger partial charge in [-0.25, -0.2) is 0 Å². The first-order chi connectivity index (χ1) is 5.36. The summed E-state index contributed by atoms with van der Waals surface area (Å²) < 4.78 is 5.23. The quantitative estimate of drug-likeness (QED) is 0.605. The number of ether oxygens (including phenoxy) is 1. The molecular formula is C9H15NO. The average Bonchev–Trinajstić information content (AvgIpc) is 2.48. The van der Waals surface area contributed by atoms with Gasteiger partial charge in [0.15, 0.2) is 0 Å². The maximum Gasteiger partial charge on any atom is 0.0586 e. The third-order valence-electron chi connectivity index (χ3n) is 2.21. The Morgan fingerprint density at radius 2 is 2.45 bits per heavy atom. The first kappa shape index (κ1) is 8.58. The topological polar surface area (TPSA) is 21.3 Å². The lowest BCUT2D eigenvalue weighted by Gasteiger charge is -2.09. The minimum absolute atomic E-state index is 0.449. The van der Waals surface area contributed by atoms with Gasteiger partial charge in [-0.05, 0) is 19.3 Å². The Kier molecular flexibility index (Phi) is 3.41. The SMILES string of the molecule is C#CCNC1CCC(OC)C1. The van der Waals surface area contributed by atoms with Crippen LogP contribution >= 0.6 is 0 Å². The lowest BCUT2D eigenvalue weighted by Crippen LogP contribution is -2.27. The maximum atomic E-state index is 5.23. The van der Waals surface area contributed by atoms with E-state index in [1.54, 1.807) is 7.11 Å². The zero-order valence-corrected chi connectivity index (χ0v) is 6.97. The highest BCUT2D eigenvalue weighted by Gasteiger charge is 2.23. The number of hydrogen-bond donors (Lipinski definition) is 1. The smallest absolute Gasteiger partial charge is 0.0586 e. The summed E-state index contributed by atoms with van der Waals surface area (Å²) in [5.74, 6) is 2.58. The summed E-state index contributed by atoms with van der Waals surface area (Å²) in [6.45, 7) is 0.682. The number of rotatable bonds is 3. The fourth-order valence-corrected chi connectivity index (χ4v) is 1.54. The molecule has 1 saturated carbocycles. The van der Waals surface area contributed by atoms with Crippen LogP contribution in [0.5, 0.6) is 0 Å². The molecule has 2 atom stereocenters. The molecule has 1 aliphatic carbocycles. The summed E-state index contributed by atoms with van der Waals surface area (Å²) in [4.78, 5) is 0. The van der Waals surface area contributed by atoms with Gasteiger partial charge < -0.3 is 10.1 Å². The van der Waals surface area contributed by atoms with E-state index in [-0.39, 0.29) is 0 Å². The Balaban J connectivity index is 2.15. The molecule has 1 fully saturated rings. The Labute approximate surface area is 68.3 Å². The molecule has 2 nitrogen and oxygen atoms in total. The van der Waals surface area contributed by atoms with Crippen LogP contribution in [-0.2, 0) is 4.74 Å². The highest BCUT2D eigenvalue weighted by molar-refractivity contribution is 4.90. The standard InChI is InChI=1S/C9H15NO/c1-3-6-10-8-4-5-9(7-8)11-2/h1,8-10H,4-7H2,2H3. The Bertz CT molecular complexity index is 150. The van der Waals surface area contributed by atoms with Crippen LogP contribution in [0.4, 0.5) is 0 Å². The molecule has 1 aliphatic rings. The number of nitrogens with one attached hydrogen (secondary N) is 1. The first-order valence-electron chi connectivity index (χ1n) is 4.06. The Morgan fingerprint density at radius 1 is 1.64 bits per heavy atom. The minimum Gasteiger partial charge on any atom is -0.381 e.